The van der Waals surface area contributed by atoms with Crippen LogP contribution >= 0.6 is 0 Å². The Morgan fingerprint density at radius 3 is 2.81 bits per heavy atom. The van der Waals surface area contributed by atoms with E-state index in [1.165, 1.54) is 6.20 Å². The minimum atomic E-state index is -3.45. The summed E-state index contributed by atoms with van der Waals surface area (Å²) in [6.07, 6.45) is 3.52. The van der Waals surface area contributed by atoms with E-state index in [-0.39, 0.29) is 6.04 Å². The van der Waals surface area contributed by atoms with Gasteiger partial charge in [-0.25, -0.2) is 13.4 Å². The van der Waals surface area contributed by atoms with Crippen LogP contribution in [0.15, 0.2) is 23.2 Å². The SMILES string of the molecule is CN(C)c1ccc(S(=O)(=O)N2CCC[C@H]3CNC[C@H]32)cn1. The smallest absolute Gasteiger partial charge is 0.244 e. The predicted octanol–water partition coefficient (Wildman–Crippen LogP) is 0.520. The van der Waals surface area contributed by atoms with Crippen molar-refractivity contribution in [2.45, 2.75) is 23.8 Å². The van der Waals surface area contributed by atoms with Gasteiger partial charge in [0.05, 0.1) is 0 Å². The summed E-state index contributed by atoms with van der Waals surface area (Å²) in [5.41, 5.74) is 0. The van der Waals surface area contributed by atoms with Crippen LogP contribution in [0.25, 0.3) is 0 Å². The standard InChI is InChI=1S/C14H22N4O2S/c1-17(2)14-6-5-12(9-16-14)21(19,20)18-7-3-4-11-8-15-10-13(11)18/h5-6,9,11,13,15H,3-4,7-8,10H2,1-2H3/t11-,13+/m0/s1. The third-order valence-corrected chi connectivity index (χ3v) is 6.32. The number of anilines is 1. The van der Waals surface area contributed by atoms with Gasteiger partial charge in [0.15, 0.2) is 0 Å². The number of sulfonamides is 1. The molecule has 116 valence electrons. The van der Waals surface area contributed by atoms with Gasteiger partial charge in [-0.05, 0) is 37.4 Å². The maximum absolute atomic E-state index is 12.9. The number of aromatic nitrogens is 1. The number of hydrogen-bond acceptors (Lipinski definition) is 5. The van der Waals surface area contributed by atoms with Crippen LogP contribution in [0.3, 0.4) is 0 Å². The number of hydrogen-bond donors (Lipinski definition) is 1. The van der Waals surface area contributed by atoms with Crippen LogP contribution in [-0.4, -0.2) is 57.5 Å². The summed E-state index contributed by atoms with van der Waals surface area (Å²) >= 11 is 0. The van der Waals surface area contributed by atoms with Gasteiger partial charge in [0.25, 0.3) is 0 Å². The first kappa shape index (κ1) is 14.7. The zero-order valence-electron chi connectivity index (χ0n) is 12.5. The molecule has 2 atom stereocenters. The van der Waals surface area contributed by atoms with E-state index >= 15 is 0 Å². The van der Waals surface area contributed by atoms with Crippen LogP contribution in [0.5, 0.6) is 0 Å². The van der Waals surface area contributed by atoms with E-state index in [2.05, 4.69) is 10.3 Å². The number of rotatable bonds is 3. The molecule has 6 nitrogen and oxygen atoms in total. The lowest BCUT2D eigenvalue weighted by atomic mass is 9.94. The van der Waals surface area contributed by atoms with E-state index < -0.39 is 10.0 Å². The van der Waals surface area contributed by atoms with Gasteiger partial charge < -0.3 is 10.2 Å². The minimum Gasteiger partial charge on any atom is -0.363 e. The molecule has 1 aromatic heterocycles. The lowest BCUT2D eigenvalue weighted by Gasteiger charge is -2.35. The lowest BCUT2D eigenvalue weighted by molar-refractivity contribution is 0.217. The third kappa shape index (κ3) is 2.65. The van der Waals surface area contributed by atoms with Crippen molar-refractivity contribution in [3.8, 4) is 0 Å². The monoisotopic (exact) mass is 310 g/mol. The highest BCUT2D eigenvalue weighted by Crippen LogP contribution is 2.31. The van der Waals surface area contributed by atoms with Gasteiger partial charge >= 0.3 is 0 Å². The molecule has 0 aromatic carbocycles. The first-order valence-corrected chi connectivity index (χ1v) is 8.80. The first-order chi connectivity index (χ1) is 10.00. The molecule has 2 aliphatic heterocycles. The van der Waals surface area contributed by atoms with Crippen LogP contribution in [0, 0.1) is 5.92 Å². The van der Waals surface area contributed by atoms with Crippen molar-refractivity contribution in [1.82, 2.24) is 14.6 Å². The van der Waals surface area contributed by atoms with Gasteiger partial charge in [0.2, 0.25) is 10.0 Å². The number of pyridine rings is 1. The van der Waals surface area contributed by atoms with Crippen LogP contribution in [0.4, 0.5) is 5.82 Å². The van der Waals surface area contributed by atoms with E-state index in [4.69, 9.17) is 0 Å². The number of fused-ring (bicyclic) bond motifs is 1. The summed E-state index contributed by atoms with van der Waals surface area (Å²) < 4.78 is 27.4. The van der Waals surface area contributed by atoms with Gasteiger partial charge in [-0.3, -0.25) is 0 Å². The Kier molecular flexibility index (Phi) is 3.90. The maximum atomic E-state index is 12.9. The van der Waals surface area contributed by atoms with E-state index in [1.807, 2.05) is 19.0 Å². The fourth-order valence-electron chi connectivity index (χ4n) is 3.25. The lowest BCUT2D eigenvalue weighted by Crippen LogP contribution is -2.48. The van der Waals surface area contributed by atoms with Crippen LogP contribution in [0.2, 0.25) is 0 Å². The number of piperidine rings is 1. The zero-order chi connectivity index (χ0) is 15.0. The summed E-state index contributed by atoms with van der Waals surface area (Å²) in [6, 6.07) is 3.50. The van der Waals surface area contributed by atoms with Crippen molar-refractivity contribution in [3.63, 3.8) is 0 Å². The molecule has 1 N–H and O–H groups in total. The van der Waals surface area contributed by atoms with Gasteiger partial charge in [-0.15, -0.1) is 0 Å². The maximum Gasteiger partial charge on any atom is 0.244 e. The van der Waals surface area contributed by atoms with Crippen molar-refractivity contribution in [2.75, 3.05) is 38.6 Å². The number of nitrogens with one attached hydrogen (secondary N) is 1. The first-order valence-electron chi connectivity index (χ1n) is 7.36. The summed E-state index contributed by atoms with van der Waals surface area (Å²) in [5.74, 6) is 1.20. The summed E-state index contributed by atoms with van der Waals surface area (Å²) in [7, 11) is 0.323. The third-order valence-electron chi connectivity index (χ3n) is 4.41. The Morgan fingerprint density at radius 2 is 2.14 bits per heavy atom. The Balaban J connectivity index is 1.88. The second-order valence-electron chi connectivity index (χ2n) is 5.99. The summed E-state index contributed by atoms with van der Waals surface area (Å²) in [5, 5.41) is 3.31. The molecule has 0 aliphatic carbocycles. The predicted molar refractivity (Wildman–Crippen MR) is 81.8 cm³/mol. The fourth-order valence-corrected chi connectivity index (χ4v) is 4.92. The minimum absolute atomic E-state index is 0.0947. The van der Waals surface area contributed by atoms with Gasteiger partial charge in [-0.2, -0.15) is 4.31 Å². The molecule has 2 fully saturated rings. The molecule has 0 amide bonds. The number of nitrogens with zero attached hydrogens (tertiary/aromatic N) is 3. The summed E-state index contributed by atoms with van der Waals surface area (Å²) in [4.78, 5) is 6.38. The average molecular weight is 310 g/mol. The van der Waals surface area contributed by atoms with E-state index in [0.717, 1.165) is 31.7 Å². The summed E-state index contributed by atoms with van der Waals surface area (Å²) in [6.45, 7) is 2.29. The Morgan fingerprint density at radius 1 is 1.33 bits per heavy atom. The van der Waals surface area contributed by atoms with E-state index in [0.29, 0.717) is 17.4 Å². The highest BCUT2D eigenvalue weighted by Gasteiger charge is 2.41. The molecule has 7 heteroatoms. The normalized spacial score (nSPS) is 26.6. The molecule has 3 heterocycles. The van der Waals surface area contributed by atoms with E-state index in [1.54, 1.807) is 16.4 Å². The molecule has 2 aliphatic rings. The molecule has 0 spiro atoms. The van der Waals surface area contributed by atoms with Gasteiger partial charge in [-0.1, -0.05) is 0 Å². The van der Waals surface area contributed by atoms with Crippen LogP contribution < -0.4 is 10.2 Å². The zero-order valence-corrected chi connectivity index (χ0v) is 13.3. The molecular formula is C14H22N4O2S. The molecule has 1 aromatic rings. The molecule has 2 saturated heterocycles. The topological polar surface area (TPSA) is 65.5 Å². The van der Waals surface area contributed by atoms with Crippen molar-refractivity contribution in [2.24, 2.45) is 5.92 Å². The molecule has 0 unspecified atom stereocenters. The van der Waals surface area contributed by atoms with Gasteiger partial charge in [0.1, 0.15) is 10.7 Å². The highest BCUT2D eigenvalue weighted by molar-refractivity contribution is 7.89. The fraction of sp³-hybridized carbons (Fsp3) is 0.643. The quantitative estimate of drug-likeness (QED) is 0.882. The van der Waals surface area contributed by atoms with Crippen molar-refractivity contribution in [1.29, 1.82) is 0 Å². The molecule has 3 rings (SSSR count). The molecule has 0 radical (unpaired) electrons. The van der Waals surface area contributed by atoms with Crippen molar-refractivity contribution in [3.05, 3.63) is 18.3 Å². The average Bonchev–Trinajstić information content (AvgIpc) is 2.95. The molecule has 21 heavy (non-hydrogen) atoms. The van der Waals surface area contributed by atoms with E-state index in [9.17, 15) is 8.42 Å². The second-order valence-corrected chi connectivity index (χ2v) is 7.88. The highest BCUT2D eigenvalue weighted by atomic mass is 32.2. The Labute approximate surface area is 126 Å². The van der Waals surface area contributed by atoms with Gasteiger partial charge in [0, 0.05) is 39.4 Å². The van der Waals surface area contributed by atoms with Crippen molar-refractivity contribution >= 4 is 15.8 Å². The largest absolute Gasteiger partial charge is 0.363 e. The van der Waals surface area contributed by atoms with Crippen molar-refractivity contribution < 1.29 is 8.42 Å². The Hall–Kier alpha value is -1.18. The van der Waals surface area contributed by atoms with Crippen LogP contribution in [0.1, 0.15) is 12.8 Å². The Bertz CT molecular complexity index is 600. The molecule has 0 saturated carbocycles. The molecular weight excluding hydrogens is 288 g/mol. The van der Waals surface area contributed by atoms with Crippen LogP contribution in [-0.2, 0) is 10.0 Å². The second kappa shape index (κ2) is 5.55. The molecule has 0 bridgehead atoms.